The number of aliphatic hydroxyl groups is 1. The summed E-state index contributed by atoms with van der Waals surface area (Å²) >= 11 is 0. The summed E-state index contributed by atoms with van der Waals surface area (Å²) in [5, 5.41) is 33.4. The van der Waals surface area contributed by atoms with E-state index in [9.17, 15) is 19.5 Å². The van der Waals surface area contributed by atoms with Gasteiger partial charge in [-0.15, -0.1) is 0 Å². The minimum absolute atomic E-state index is 0.833. The van der Waals surface area contributed by atoms with Gasteiger partial charge in [0, 0.05) is 6.42 Å². The first-order valence-corrected chi connectivity index (χ1v) is 3.42. The molecule has 84 valence electrons. The molecular formula is C6H6NO8-. The number of hydrogen-bond acceptors (Lipinski definition) is 8. The molecule has 9 heteroatoms. The second kappa shape index (κ2) is 5.54. The molecule has 0 saturated carbocycles. The normalized spacial score (nSPS) is 11.3. The van der Waals surface area contributed by atoms with E-state index in [1.807, 2.05) is 0 Å². The van der Waals surface area contributed by atoms with Gasteiger partial charge in [0.15, 0.2) is 6.10 Å². The van der Waals surface area contributed by atoms with E-state index in [0.717, 1.165) is 0 Å². The Labute approximate surface area is 82.3 Å². The average molecular weight is 220 g/mol. The highest BCUT2D eigenvalue weighted by Gasteiger charge is 2.21. The number of carboxylic acid groups (broad SMARTS) is 2. The summed E-state index contributed by atoms with van der Waals surface area (Å²) in [4.78, 5) is 30.2. The molecular weight excluding hydrogens is 214 g/mol. The van der Waals surface area contributed by atoms with Crippen LogP contribution >= 0.6 is 0 Å². The van der Waals surface area contributed by atoms with E-state index in [2.05, 4.69) is 9.47 Å². The smallest absolute Gasteiger partial charge is 0.501 e. The third kappa shape index (κ3) is 5.99. The molecule has 0 saturated heterocycles. The van der Waals surface area contributed by atoms with Crippen molar-refractivity contribution in [3.8, 4) is 0 Å². The zero-order valence-electron chi connectivity index (χ0n) is 7.13. The van der Waals surface area contributed by atoms with Crippen LogP contribution in [0.5, 0.6) is 0 Å². The lowest BCUT2D eigenvalue weighted by atomic mass is 10.2. The van der Waals surface area contributed by atoms with Crippen molar-refractivity contribution >= 4 is 24.2 Å². The van der Waals surface area contributed by atoms with Gasteiger partial charge in [-0.2, -0.15) is 0 Å². The Kier molecular flexibility index (Phi) is 4.75. The summed E-state index contributed by atoms with van der Waals surface area (Å²) in [7, 11) is 0. The van der Waals surface area contributed by atoms with Crippen molar-refractivity contribution in [2.24, 2.45) is 0 Å². The fourth-order valence-electron chi connectivity index (χ4n) is 0.555. The van der Waals surface area contributed by atoms with E-state index in [0.29, 0.717) is 0 Å². The quantitative estimate of drug-likeness (QED) is 0.219. The van der Waals surface area contributed by atoms with Crippen LogP contribution in [-0.2, 0) is 14.3 Å². The standard InChI is InChI=1S/C6H7NO8/c7-3(14-5(10)11)1-2(8)4(9)15-6(12)13/h2,7-8H,1H2,(H,10,11)(H,12,13)/p-1. The summed E-state index contributed by atoms with van der Waals surface area (Å²) in [5.74, 6) is -2.50. The van der Waals surface area contributed by atoms with Crippen molar-refractivity contribution in [3.05, 3.63) is 0 Å². The summed E-state index contributed by atoms with van der Waals surface area (Å²) in [6, 6.07) is 0. The van der Waals surface area contributed by atoms with Crippen LogP contribution in [0, 0.1) is 5.41 Å². The molecule has 0 aliphatic heterocycles. The molecule has 0 rings (SSSR count). The van der Waals surface area contributed by atoms with Crippen molar-refractivity contribution in [2.75, 3.05) is 0 Å². The van der Waals surface area contributed by atoms with E-state index < -0.39 is 36.7 Å². The molecule has 0 radical (unpaired) electrons. The average Bonchev–Trinajstić information content (AvgIpc) is 2.00. The van der Waals surface area contributed by atoms with Crippen LogP contribution in [0.25, 0.3) is 0 Å². The molecule has 15 heavy (non-hydrogen) atoms. The van der Waals surface area contributed by atoms with E-state index >= 15 is 0 Å². The van der Waals surface area contributed by atoms with Crippen molar-refractivity contribution in [1.29, 1.82) is 5.41 Å². The fraction of sp³-hybridized carbons (Fsp3) is 0.333. The zero-order valence-corrected chi connectivity index (χ0v) is 7.13. The molecule has 1 atom stereocenters. The first-order valence-electron chi connectivity index (χ1n) is 3.42. The molecule has 0 amide bonds. The molecule has 0 aliphatic rings. The highest BCUT2D eigenvalue weighted by Crippen LogP contribution is 1.98. The van der Waals surface area contributed by atoms with Gasteiger partial charge < -0.3 is 29.6 Å². The van der Waals surface area contributed by atoms with Gasteiger partial charge in [-0.1, -0.05) is 0 Å². The Morgan fingerprint density at radius 3 is 2.27 bits per heavy atom. The summed E-state index contributed by atoms with van der Waals surface area (Å²) < 4.78 is 7.18. The predicted octanol–water partition coefficient (Wildman–Crippen LogP) is -1.70. The molecule has 0 bridgehead atoms. The van der Waals surface area contributed by atoms with Crippen LogP contribution in [0.15, 0.2) is 0 Å². The number of esters is 1. The van der Waals surface area contributed by atoms with Gasteiger partial charge in [0.2, 0.25) is 0 Å². The lowest BCUT2D eigenvalue weighted by Gasteiger charge is -2.11. The lowest BCUT2D eigenvalue weighted by Crippen LogP contribution is -2.31. The van der Waals surface area contributed by atoms with Gasteiger partial charge in [0.25, 0.3) is 6.16 Å². The predicted molar refractivity (Wildman–Crippen MR) is 38.9 cm³/mol. The number of carbonyl (C=O) groups is 3. The maximum absolute atomic E-state index is 10.6. The fourth-order valence-corrected chi connectivity index (χ4v) is 0.555. The lowest BCUT2D eigenvalue weighted by molar-refractivity contribution is -0.273. The van der Waals surface area contributed by atoms with Crippen LogP contribution in [0.1, 0.15) is 6.42 Å². The van der Waals surface area contributed by atoms with E-state index in [-0.39, 0.29) is 0 Å². The first kappa shape index (κ1) is 12.8. The molecule has 0 aromatic carbocycles. The molecule has 0 spiro atoms. The van der Waals surface area contributed by atoms with E-state index in [4.69, 9.17) is 15.6 Å². The third-order valence-corrected chi connectivity index (χ3v) is 1.05. The Morgan fingerprint density at radius 1 is 1.33 bits per heavy atom. The van der Waals surface area contributed by atoms with Gasteiger partial charge in [0.05, 0.1) is 0 Å². The number of nitrogens with one attached hydrogen (secondary N) is 1. The largest absolute Gasteiger partial charge is 0.513 e. The molecule has 0 heterocycles. The summed E-state index contributed by atoms with van der Waals surface area (Å²) in [6.45, 7) is 0. The minimum Gasteiger partial charge on any atom is -0.501 e. The summed E-state index contributed by atoms with van der Waals surface area (Å²) in [6.07, 6.45) is -6.78. The molecule has 3 N–H and O–H groups in total. The Bertz CT molecular complexity index is 298. The number of hydrogen-bond donors (Lipinski definition) is 3. The number of carbonyl (C=O) groups excluding carboxylic acids is 2. The molecule has 0 aromatic heterocycles. The van der Waals surface area contributed by atoms with Gasteiger partial charge in [0.1, 0.15) is 5.90 Å². The van der Waals surface area contributed by atoms with Gasteiger partial charge >= 0.3 is 12.1 Å². The number of rotatable bonds is 3. The second-order valence-corrected chi connectivity index (χ2v) is 2.18. The minimum atomic E-state index is -2.03. The zero-order chi connectivity index (χ0) is 12.0. The number of aliphatic hydroxyl groups excluding tert-OH is 1. The molecule has 0 fully saturated rings. The van der Waals surface area contributed by atoms with Crippen molar-refractivity contribution in [2.45, 2.75) is 12.5 Å². The van der Waals surface area contributed by atoms with E-state index in [1.165, 1.54) is 0 Å². The summed E-state index contributed by atoms with van der Waals surface area (Å²) in [5.41, 5.74) is 0. The maximum Gasteiger partial charge on any atom is 0.513 e. The van der Waals surface area contributed by atoms with Crippen molar-refractivity contribution in [1.82, 2.24) is 0 Å². The molecule has 0 aromatic rings. The van der Waals surface area contributed by atoms with Crippen molar-refractivity contribution < 1.29 is 39.2 Å². The SMILES string of the molecule is N=C(CC(O)C(=O)OC(=O)O)OC(=O)[O-]. The van der Waals surface area contributed by atoms with Crippen LogP contribution in [0.2, 0.25) is 0 Å². The highest BCUT2D eigenvalue weighted by molar-refractivity contribution is 5.90. The Balaban J connectivity index is 4.07. The van der Waals surface area contributed by atoms with Gasteiger partial charge in [-0.05, 0) is 0 Å². The monoisotopic (exact) mass is 220 g/mol. The Hall–Kier alpha value is -2.16. The van der Waals surface area contributed by atoms with Gasteiger partial charge in [-0.25, -0.2) is 9.59 Å². The van der Waals surface area contributed by atoms with E-state index in [1.54, 1.807) is 0 Å². The van der Waals surface area contributed by atoms with Crippen LogP contribution < -0.4 is 5.11 Å². The third-order valence-electron chi connectivity index (χ3n) is 1.05. The molecule has 1 unspecified atom stereocenters. The molecule has 0 aliphatic carbocycles. The van der Waals surface area contributed by atoms with Crippen LogP contribution in [0.3, 0.4) is 0 Å². The Morgan fingerprint density at radius 2 is 1.87 bits per heavy atom. The van der Waals surface area contributed by atoms with Crippen LogP contribution in [0.4, 0.5) is 9.59 Å². The maximum atomic E-state index is 10.6. The van der Waals surface area contributed by atoms with Gasteiger partial charge in [-0.3, -0.25) is 5.41 Å². The van der Waals surface area contributed by atoms with Crippen LogP contribution in [-0.4, -0.2) is 40.5 Å². The van der Waals surface area contributed by atoms with Crippen molar-refractivity contribution in [3.63, 3.8) is 0 Å². The highest BCUT2D eigenvalue weighted by atomic mass is 16.7. The topological polar surface area (TPSA) is 157 Å². The molecule has 9 nitrogen and oxygen atoms in total. The second-order valence-electron chi connectivity index (χ2n) is 2.18. The number of ether oxygens (including phenoxy) is 2. The first-order chi connectivity index (χ1) is 6.82.